The minimum atomic E-state index is 0.780. The molecule has 0 radical (unpaired) electrons. The highest BCUT2D eigenvalue weighted by molar-refractivity contribution is 5.44. The van der Waals surface area contributed by atoms with Crippen LogP contribution in [0.15, 0.2) is 10.7 Å². The smallest absolute Gasteiger partial charge is 0.173 e. The van der Waals surface area contributed by atoms with Crippen LogP contribution in [0.2, 0.25) is 0 Å². The maximum Gasteiger partial charge on any atom is 0.173 e. The predicted molar refractivity (Wildman–Crippen MR) is 36.7 cm³/mol. The van der Waals surface area contributed by atoms with E-state index >= 15 is 0 Å². The SMILES string of the molecule is c1noc2c1NCCNC2. The van der Waals surface area contributed by atoms with Gasteiger partial charge < -0.3 is 15.2 Å². The molecule has 1 aromatic heterocycles. The van der Waals surface area contributed by atoms with Gasteiger partial charge in [-0.05, 0) is 0 Å². The van der Waals surface area contributed by atoms with Crippen LogP contribution in [0.3, 0.4) is 0 Å². The van der Waals surface area contributed by atoms with E-state index in [-0.39, 0.29) is 0 Å². The Morgan fingerprint density at radius 3 is 3.50 bits per heavy atom. The first kappa shape index (κ1) is 5.73. The molecule has 0 aromatic carbocycles. The van der Waals surface area contributed by atoms with Crippen molar-refractivity contribution in [3.05, 3.63) is 12.0 Å². The summed E-state index contributed by atoms with van der Waals surface area (Å²) in [6.07, 6.45) is 1.71. The summed E-state index contributed by atoms with van der Waals surface area (Å²) in [5, 5.41) is 10.0. The van der Waals surface area contributed by atoms with Crippen LogP contribution < -0.4 is 10.6 Å². The molecule has 0 fully saturated rings. The molecule has 54 valence electrons. The van der Waals surface area contributed by atoms with E-state index in [1.807, 2.05) is 0 Å². The third kappa shape index (κ3) is 0.863. The second-order valence-corrected chi connectivity index (χ2v) is 2.27. The summed E-state index contributed by atoms with van der Waals surface area (Å²) >= 11 is 0. The van der Waals surface area contributed by atoms with Crippen molar-refractivity contribution in [2.75, 3.05) is 18.4 Å². The van der Waals surface area contributed by atoms with Crippen LogP contribution in [-0.4, -0.2) is 18.2 Å². The van der Waals surface area contributed by atoms with Crippen molar-refractivity contribution in [2.24, 2.45) is 0 Å². The minimum absolute atomic E-state index is 0.780. The molecule has 0 amide bonds. The topological polar surface area (TPSA) is 50.1 Å². The number of nitrogens with zero attached hydrogens (tertiary/aromatic N) is 1. The first-order chi connectivity index (χ1) is 4.97. The zero-order chi connectivity index (χ0) is 6.81. The summed E-state index contributed by atoms with van der Waals surface area (Å²) in [5.74, 6) is 0.900. The van der Waals surface area contributed by atoms with Gasteiger partial charge in [-0.3, -0.25) is 0 Å². The lowest BCUT2D eigenvalue weighted by Crippen LogP contribution is -2.17. The molecule has 2 heterocycles. The van der Waals surface area contributed by atoms with E-state index in [9.17, 15) is 0 Å². The Bertz CT molecular complexity index is 200. The Kier molecular flexibility index (Phi) is 1.32. The molecule has 0 bridgehead atoms. The molecule has 1 aromatic rings. The van der Waals surface area contributed by atoms with Crippen LogP contribution in [0.5, 0.6) is 0 Å². The van der Waals surface area contributed by atoms with Gasteiger partial charge in [-0.25, -0.2) is 0 Å². The normalized spacial score (nSPS) is 17.2. The summed E-state index contributed by atoms with van der Waals surface area (Å²) in [6, 6.07) is 0. The van der Waals surface area contributed by atoms with Crippen molar-refractivity contribution >= 4 is 5.69 Å². The fourth-order valence-corrected chi connectivity index (χ4v) is 1.02. The highest BCUT2D eigenvalue weighted by atomic mass is 16.5. The van der Waals surface area contributed by atoms with E-state index in [0.717, 1.165) is 31.1 Å². The number of hydrogen-bond acceptors (Lipinski definition) is 4. The quantitative estimate of drug-likeness (QED) is 0.538. The fraction of sp³-hybridized carbons (Fsp3) is 0.500. The third-order valence-corrected chi connectivity index (χ3v) is 1.55. The van der Waals surface area contributed by atoms with Gasteiger partial charge in [-0.15, -0.1) is 0 Å². The Balaban J connectivity index is 2.28. The number of nitrogens with one attached hydrogen (secondary N) is 2. The van der Waals surface area contributed by atoms with Crippen LogP contribution in [-0.2, 0) is 6.54 Å². The van der Waals surface area contributed by atoms with Crippen molar-refractivity contribution in [3.8, 4) is 0 Å². The first-order valence-electron chi connectivity index (χ1n) is 3.35. The number of rotatable bonds is 0. The fourth-order valence-electron chi connectivity index (χ4n) is 1.02. The zero-order valence-electron chi connectivity index (χ0n) is 5.55. The molecule has 0 atom stereocenters. The summed E-state index contributed by atoms with van der Waals surface area (Å²) in [6.45, 7) is 2.70. The summed E-state index contributed by atoms with van der Waals surface area (Å²) < 4.78 is 4.96. The minimum Gasteiger partial charge on any atom is -0.380 e. The predicted octanol–water partition coefficient (Wildman–Crippen LogP) is 0.190. The molecule has 0 unspecified atom stereocenters. The number of fused-ring (bicyclic) bond motifs is 1. The number of anilines is 1. The highest BCUT2D eigenvalue weighted by Crippen LogP contribution is 2.14. The van der Waals surface area contributed by atoms with Crippen molar-refractivity contribution in [3.63, 3.8) is 0 Å². The molecule has 4 heteroatoms. The Hall–Kier alpha value is -1.03. The highest BCUT2D eigenvalue weighted by Gasteiger charge is 2.09. The maximum absolute atomic E-state index is 4.96. The van der Waals surface area contributed by atoms with Gasteiger partial charge in [0, 0.05) is 13.1 Å². The van der Waals surface area contributed by atoms with Gasteiger partial charge in [0.2, 0.25) is 0 Å². The summed E-state index contributed by atoms with van der Waals surface area (Å²) in [4.78, 5) is 0. The Labute approximate surface area is 58.6 Å². The van der Waals surface area contributed by atoms with Gasteiger partial charge in [-0.2, -0.15) is 0 Å². The summed E-state index contributed by atoms with van der Waals surface area (Å²) in [7, 11) is 0. The number of hydrogen-bond donors (Lipinski definition) is 2. The van der Waals surface area contributed by atoms with Crippen LogP contribution in [0, 0.1) is 0 Å². The molecule has 0 saturated carbocycles. The lowest BCUT2D eigenvalue weighted by molar-refractivity contribution is 0.376. The third-order valence-electron chi connectivity index (χ3n) is 1.55. The van der Waals surface area contributed by atoms with E-state index in [0.29, 0.717) is 0 Å². The summed E-state index contributed by atoms with van der Waals surface area (Å²) in [5.41, 5.74) is 1.02. The van der Waals surface area contributed by atoms with E-state index in [1.54, 1.807) is 6.20 Å². The average Bonchev–Trinajstić information content (AvgIpc) is 2.28. The van der Waals surface area contributed by atoms with Gasteiger partial charge in [0.05, 0.1) is 18.4 Å². The Morgan fingerprint density at radius 2 is 2.50 bits per heavy atom. The molecule has 2 rings (SSSR count). The van der Waals surface area contributed by atoms with E-state index in [2.05, 4.69) is 15.8 Å². The van der Waals surface area contributed by atoms with Crippen LogP contribution in [0.25, 0.3) is 0 Å². The van der Waals surface area contributed by atoms with Gasteiger partial charge in [-0.1, -0.05) is 5.16 Å². The standard InChI is InChI=1S/C6H9N3O/c1-2-8-5-3-9-10-6(5)4-7-1/h3,7-8H,1-2,4H2. The molecule has 0 saturated heterocycles. The molecule has 1 aliphatic rings. The van der Waals surface area contributed by atoms with Crippen LogP contribution >= 0.6 is 0 Å². The molecule has 4 nitrogen and oxygen atoms in total. The van der Waals surface area contributed by atoms with Gasteiger partial charge in [0.1, 0.15) is 0 Å². The monoisotopic (exact) mass is 139 g/mol. The molecular formula is C6H9N3O. The van der Waals surface area contributed by atoms with Crippen LogP contribution in [0.1, 0.15) is 5.76 Å². The van der Waals surface area contributed by atoms with Gasteiger partial charge in [0.15, 0.2) is 5.76 Å². The average molecular weight is 139 g/mol. The maximum atomic E-state index is 4.96. The van der Waals surface area contributed by atoms with E-state index in [4.69, 9.17) is 4.52 Å². The largest absolute Gasteiger partial charge is 0.380 e. The molecule has 10 heavy (non-hydrogen) atoms. The molecule has 0 spiro atoms. The first-order valence-corrected chi connectivity index (χ1v) is 3.35. The zero-order valence-corrected chi connectivity index (χ0v) is 5.55. The Morgan fingerprint density at radius 1 is 1.50 bits per heavy atom. The molecule has 2 N–H and O–H groups in total. The second kappa shape index (κ2) is 2.30. The molecular weight excluding hydrogens is 130 g/mol. The molecule has 1 aliphatic heterocycles. The lowest BCUT2D eigenvalue weighted by atomic mass is 10.4. The van der Waals surface area contributed by atoms with E-state index < -0.39 is 0 Å². The van der Waals surface area contributed by atoms with Crippen molar-refractivity contribution in [2.45, 2.75) is 6.54 Å². The molecule has 0 aliphatic carbocycles. The van der Waals surface area contributed by atoms with Gasteiger partial charge >= 0.3 is 0 Å². The second-order valence-electron chi connectivity index (χ2n) is 2.27. The van der Waals surface area contributed by atoms with Crippen molar-refractivity contribution in [1.82, 2.24) is 10.5 Å². The van der Waals surface area contributed by atoms with Crippen molar-refractivity contribution in [1.29, 1.82) is 0 Å². The number of aromatic nitrogens is 1. The lowest BCUT2D eigenvalue weighted by Gasteiger charge is -1.95. The van der Waals surface area contributed by atoms with E-state index in [1.165, 1.54) is 0 Å². The van der Waals surface area contributed by atoms with Crippen molar-refractivity contribution < 1.29 is 4.52 Å². The van der Waals surface area contributed by atoms with Crippen LogP contribution in [0.4, 0.5) is 5.69 Å². The van der Waals surface area contributed by atoms with Gasteiger partial charge in [0.25, 0.3) is 0 Å².